The van der Waals surface area contributed by atoms with Gasteiger partial charge in [-0.15, -0.1) is 0 Å². The molecule has 0 aliphatic carbocycles. The summed E-state index contributed by atoms with van der Waals surface area (Å²) in [6.07, 6.45) is 0. The SMILES string of the molecule is CC.CC.CCOC(=O)C1=C(C)/C(=C(\c2c(C)cc(O)cc2C)c2c(C)c(C(=O)OCC)c(C)n2B(F)F)N=C1C. The van der Waals surface area contributed by atoms with Crippen LogP contribution in [-0.2, 0) is 14.3 Å². The smallest absolute Gasteiger partial charge is 0.508 e. The molecule has 0 radical (unpaired) electrons. The van der Waals surface area contributed by atoms with Crippen molar-refractivity contribution in [1.29, 1.82) is 0 Å². The summed E-state index contributed by atoms with van der Waals surface area (Å²) in [4.78, 5) is 30.2. The summed E-state index contributed by atoms with van der Waals surface area (Å²) < 4.78 is 40.5. The molecule has 2 aromatic rings. The van der Waals surface area contributed by atoms with Crippen LogP contribution in [0.1, 0.15) is 99.4 Å². The maximum Gasteiger partial charge on any atom is 0.677 e. The lowest BCUT2D eigenvalue weighted by Gasteiger charge is -2.20. The first-order valence-electron chi connectivity index (χ1n) is 14.0. The molecule has 1 aromatic carbocycles. The van der Waals surface area contributed by atoms with Crippen LogP contribution in [0.5, 0.6) is 5.75 Å². The zero-order valence-corrected chi connectivity index (χ0v) is 26.4. The van der Waals surface area contributed by atoms with E-state index in [2.05, 4.69) is 4.99 Å². The Hall–Kier alpha value is -3.69. The Morgan fingerprint density at radius 2 is 1.37 bits per heavy atom. The Labute approximate surface area is 243 Å². The molecule has 1 N–H and O–H groups in total. The number of rotatable bonds is 7. The van der Waals surface area contributed by atoms with Crippen molar-refractivity contribution in [1.82, 2.24) is 4.48 Å². The van der Waals surface area contributed by atoms with Crippen molar-refractivity contribution in [3.63, 3.8) is 0 Å². The van der Waals surface area contributed by atoms with Crippen LogP contribution in [0.4, 0.5) is 8.63 Å². The Balaban J connectivity index is 0.00000201. The summed E-state index contributed by atoms with van der Waals surface area (Å²) in [7, 11) is -2.98. The third kappa shape index (κ3) is 6.97. The molecule has 1 aliphatic heterocycles. The molecule has 1 aliphatic rings. The quantitative estimate of drug-likeness (QED) is 0.274. The van der Waals surface area contributed by atoms with Crippen molar-refractivity contribution >= 4 is 30.6 Å². The van der Waals surface area contributed by atoms with E-state index in [1.54, 1.807) is 48.5 Å². The fourth-order valence-corrected chi connectivity index (χ4v) is 5.04. The number of aromatic nitrogens is 1. The second kappa shape index (κ2) is 15.4. The second-order valence-corrected chi connectivity index (χ2v) is 8.90. The average molecular weight is 573 g/mol. The van der Waals surface area contributed by atoms with Crippen molar-refractivity contribution in [2.24, 2.45) is 4.99 Å². The molecule has 41 heavy (non-hydrogen) atoms. The van der Waals surface area contributed by atoms with E-state index in [1.165, 1.54) is 19.1 Å². The van der Waals surface area contributed by atoms with Gasteiger partial charge in [-0.05, 0) is 95.3 Å². The van der Waals surface area contributed by atoms with Gasteiger partial charge in [-0.3, -0.25) is 13.6 Å². The molecule has 0 atom stereocenters. The van der Waals surface area contributed by atoms with Gasteiger partial charge in [-0.2, -0.15) is 0 Å². The minimum atomic E-state index is -2.98. The minimum absolute atomic E-state index is 0.0260. The number of carbonyl (C=O) groups excluding carboxylic acids is 2. The Morgan fingerprint density at radius 3 is 1.83 bits per heavy atom. The number of esters is 2. The first-order valence-corrected chi connectivity index (χ1v) is 14.0. The molecule has 0 bridgehead atoms. The van der Waals surface area contributed by atoms with E-state index in [0.717, 1.165) is 4.48 Å². The number of nitrogens with zero attached hydrogens (tertiary/aromatic N) is 2. The average Bonchev–Trinajstić information content (AvgIpc) is 3.34. The van der Waals surface area contributed by atoms with Gasteiger partial charge in [0.05, 0.1) is 35.8 Å². The van der Waals surface area contributed by atoms with E-state index in [4.69, 9.17) is 9.47 Å². The number of ether oxygens (including phenoxy) is 2. The van der Waals surface area contributed by atoms with Crippen LogP contribution >= 0.6 is 0 Å². The maximum atomic E-state index is 14.7. The lowest BCUT2D eigenvalue weighted by atomic mass is 9.87. The third-order valence-electron chi connectivity index (χ3n) is 6.46. The minimum Gasteiger partial charge on any atom is -0.508 e. The first kappa shape index (κ1) is 35.3. The molecule has 0 saturated carbocycles. The summed E-state index contributed by atoms with van der Waals surface area (Å²) in [5, 5.41) is 10.2. The van der Waals surface area contributed by atoms with Gasteiger partial charge in [-0.25, -0.2) is 9.59 Å². The molecular formula is C31H43BF2N2O5. The van der Waals surface area contributed by atoms with Gasteiger partial charge in [0.15, 0.2) is 0 Å². The Bertz CT molecular complexity index is 1360. The number of aliphatic imine (C=N–C) groups is 1. The maximum absolute atomic E-state index is 14.7. The van der Waals surface area contributed by atoms with Crippen molar-refractivity contribution < 1.29 is 32.8 Å². The van der Waals surface area contributed by atoms with Crippen LogP contribution in [0.3, 0.4) is 0 Å². The Kier molecular flexibility index (Phi) is 13.2. The summed E-state index contributed by atoms with van der Waals surface area (Å²) in [5.74, 6) is -1.23. The molecule has 0 fully saturated rings. The monoisotopic (exact) mass is 572 g/mol. The van der Waals surface area contributed by atoms with Crippen molar-refractivity contribution in [3.8, 4) is 5.75 Å². The summed E-state index contributed by atoms with van der Waals surface area (Å²) >= 11 is 0. The normalized spacial score (nSPS) is 13.5. The predicted octanol–water partition coefficient (Wildman–Crippen LogP) is 7.54. The van der Waals surface area contributed by atoms with Crippen LogP contribution in [0.2, 0.25) is 0 Å². The van der Waals surface area contributed by atoms with Gasteiger partial charge in [0.1, 0.15) is 5.75 Å². The highest BCUT2D eigenvalue weighted by atomic mass is 19.2. The fraction of sp³-hybridized carbons (Fsp3) is 0.452. The summed E-state index contributed by atoms with van der Waals surface area (Å²) in [6, 6.07) is 3.06. The standard InChI is InChI=1S/C27H31BF2N2O5.2C2H6/c1-9-36-26(34)21-15(5)24(31-17(21)7)23(20-13(3)11-19(33)12-14(20)4)25-16(6)22(27(35)37-10-2)18(8)32(25)28(29)30;2*1-2/h11-12,33H,9-10H2,1-8H3;2*1-2H3/b24-23-;;. The van der Waals surface area contributed by atoms with Gasteiger partial charge >= 0.3 is 19.3 Å². The molecule has 0 saturated heterocycles. The van der Waals surface area contributed by atoms with Crippen LogP contribution in [0.25, 0.3) is 5.57 Å². The lowest BCUT2D eigenvalue weighted by Crippen LogP contribution is -2.19. The molecule has 3 rings (SSSR count). The van der Waals surface area contributed by atoms with Crippen LogP contribution in [0.15, 0.2) is 34.0 Å². The highest BCUT2D eigenvalue weighted by molar-refractivity contribution is 6.42. The molecular weight excluding hydrogens is 529 g/mol. The molecule has 0 spiro atoms. The van der Waals surface area contributed by atoms with Crippen LogP contribution < -0.4 is 0 Å². The van der Waals surface area contributed by atoms with Crippen molar-refractivity contribution in [2.75, 3.05) is 13.2 Å². The number of halogens is 2. The van der Waals surface area contributed by atoms with Gasteiger partial charge in [0.2, 0.25) is 0 Å². The van der Waals surface area contributed by atoms with E-state index >= 15 is 0 Å². The van der Waals surface area contributed by atoms with Crippen molar-refractivity contribution in [3.05, 3.63) is 68.2 Å². The molecule has 0 amide bonds. The van der Waals surface area contributed by atoms with Crippen molar-refractivity contribution in [2.45, 2.75) is 83.1 Å². The van der Waals surface area contributed by atoms with Gasteiger partial charge < -0.3 is 19.1 Å². The number of allylic oxidation sites excluding steroid dienone is 1. The first-order chi connectivity index (χ1) is 19.4. The summed E-state index contributed by atoms with van der Waals surface area (Å²) in [5.41, 5.74) is 4.04. The summed E-state index contributed by atoms with van der Waals surface area (Å²) in [6.45, 7) is 21.5. The van der Waals surface area contributed by atoms with E-state index in [1.807, 2.05) is 27.7 Å². The largest absolute Gasteiger partial charge is 0.677 e. The number of aryl methyl sites for hydroxylation is 2. The number of benzene rings is 1. The zero-order valence-electron chi connectivity index (χ0n) is 26.4. The highest BCUT2D eigenvalue weighted by Gasteiger charge is 2.36. The topological polar surface area (TPSA) is 90.1 Å². The molecule has 224 valence electrons. The van der Waals surface area contributed by atoms with Gasteiger partial charge in [0.25, 0.3) is 0 Å². The highest BCUT2D eigenvalue weighted by Crippen LogP contribution is 2.43. The van der Waals surface area contributed by atoms with Gasteiger partial charge in [-0.1, -0.05) is 27.7 Å². The molecule has 7 nitrogen and oxygen atoms in total. The second-order valence-electron chi connectivity index (χ2n) is 8.90. The van der Waals surface area contributed by atoms with E-state index in [9.17, 15) is 23.3 Å². The number of hydrogen-bond acceptors (Lipinski definition) is 6. The van der Waals surface area contributed by atoms with Crippen LogP contribution in [-0.4, -0.2) is 47.9 Å². The van der Waals surface area contributed by atoms with E-state index in [0.29, 0.717) is 44.8 Å². The Morgan fingerprint density at radius 1 is 0.878 bits per heavy atom. The number of aromatic hydroxyl groups is 1. The van der Waals surface area contributed by atoms with E-state index in [-0.39, 0.29) is 41.5 Å². The molecule has 2 heterocycles. The van der Waals surface area contributed by atoms with E-state index < -0.39 is 19.3 Å². The third-order valence-corrected chi connectivity index (χ3v) is 6.46. The zero-order chi connectivity index (χ0) is 31.8. The molecule has 0 unspecified atom stereocenters. The number of phenols is 1. The molecule has 1 aromatic heterocycles. The fourth-order valence-electron chi connectivity index (χ4n) is 5.04. The number of phenolic OH excluding ortho intramolecular Hbond substituents is 1. The van der Waals surface area contributed by atoms with Gasteiger partial charge in [0, 0.05) is 17.0 Å². The number of carbonyl (C=O) groups is 2. The molecule has 10 heteroatoms. The lowest BCUT2D eigenvalue weighted by molar-refractivity contribution is -0.137. The van der Waals surface area contributed by atoms with Crippen LogP contribution in [0, 0.1) is 27.7 Å². The predicted molar refractivity (Wildman–Crippen MR) is 162 cm³/mol. The number of hydrogen-bond donors (Lipinski definition) is 1.